The molecule has 0 saturated carbocycles. The highest BCUT2D eigenvalue weighted by molar-refractivity contribution is 7.99. The molecule has 1 N–H and O–H groups in total. The van der Waals surface area contributed by atoms with Crippen molar-refractivity contribution in [3.8, 4) is 6.07 Å². The van der Waals surface area contributed by atoms with Crippen molar-refractivity contribution in [2.45, 2.75) is 11.3 Å². The number of aliphatic hydroxyl groups is 1. The second-order valence-electron chi connectivity index (χ2n) is 3.79. The van der Waals surface area contributed by atoms with Gasteiger partial charge >= 0.3 is 0 Å². The maximum atomic E-state index is 10.0. The highest BCUT2D eigenvalue weighted by Crippen LogP contribution is 2.22. The fourth-order valence-electron chi connectivity index (χ4n) is 1.43. The van der Waals surface area contributed by atoms with Gasteiger partial charge in [0.1, 0.15) is 6.33 Å². The number of nitrogens with zero attached hydrogens (tertiary/aromatic N) is 4. The molecule has 18 heavy (non-hydrogen) atoms. The maximum absolute atomic E-state index is 10.0. The first-order valence-corrected chi connectivity index (χ1v) is 6.34. The van der Waals surface area contributed by atoms with E-state index in [-0.39, 0.29) is 0 Å². The summed E-state index contributed by atoms with van der Waals surface area (Å²) in [7, 11) is 1.86. The number of aromatic nitrogens is 3. The average Bonchev–Trinajstić information content (AvgIpc) is 2.81. The van der Waals surface area contributed by atoms with E-state index in [2.05, 4.69) is 10.2 Å². The fraction of sp³-hybridized carbons (Fsp3) is 0.250. The molecule has 0 fully saturated rings. The smallest absolute Gasteiger partial charge is 0.190 e. The molecule has 1 heterocycles. The van der Waals surface area contributed by atoms with Crippen molar-refractivity contribution in [2.75, 3.05) is 5.75 Å². The molecule has 0 saturated heterocycles. The van der Waals surface area contributed by atoms with Gasteiger partial charge in [0.15, 0.2) is 5.16 Å². The molecule has 6 heteroatoms. The molecule has 2 rings (SSSR count). The Labute approximate surface area is 109 Å². The van der Waals surface area contributed by atoms with Gasteiger partial charge in [0, 0.05) is 12.8 Å². The summed E-state index contributed by atoms with van der Waals surface area (Å²) in [5, 5.41) is 27.2. The van der Waals surface area contributed by atoms with E-state index in [1.807, 2.05) is 13.1 Å². The lowest BCUT2D eigenvalue weighted by Gasteiger charge is -2.09. The number of benzene rings is 1. The molecule has 1 unspecified atom stereocenters. The topological polar surface area (TPSA) is 74.7 Å². The Hall–Kier alpha value is -1.84. The van der Waals surface area contributed by atoms with Crippen LogP contribution in [0.15, 0.2) is 35.7 Å². The standard InChI is InChI=1S/C12H12N4OS/c1-16-8-14-15-12(16)18-7-11(17)10-4-2-9(6-13)3-5-10/h2-5,8,11,17H,7H2,1H3. The fourth-order valence-corrected chi connectivity index (χ4v) is 2.29. The monoisotopic (exact) mass is 260 g/mol. The van der Waals surface area contributed by atoms with Crippen molar-refractivity contribution in [2.24, 2.45) is 7.05 Å². The Bertz CT molecular complexity index is 558. The number of aryl methyl sites for hydroxylation is 1. The van der Waals surface area contributed by atoms with Crippen LogP contribution >= 0.6 is 11.8 Å². The normalized spacial score (nSPS) is 12.1. The first-order chi connectivity index (χ1) is 8.70. The molecular weight excluding hydrogens is 248 g/mol. The van der Waals surface area contributed by atoms with Crippen molar-refractivity contribution in [1.82, 2.24) is 14.8 Å². The van der Waals surface area contributed by atoms with Crippen LogP contribution in [0, 0.1) is 11.3 Å². The van der Waals surface area contributed by atoms with E-state index in [1.165, 1.54) is 11.8 Å². The Morgan fingerprint density at radius 3 is 2.72 bits per heavy atom. The molecule has 1 atom stereocenters. The number of nitriles is 1. The summed E-state index contributed by atoms with van der Waals surface area (Å²) < 4.78 is 1.80. The van der Waals surface area contributed by atoms with Crippen LogP contribution in [0.3, 0.4) is 0 Å². The lowest BCUT2D eigenvalue weighted by Crippen LogP contribution is -2.02. The molecule has 0 radical (unpaired) electrons. The second-order valence-corrected chi connectivity index (χ2v) is 4.77. The number of hydrogen-bond donors (Lipinski definition) is 1. The molecule has 1 aromatic carbocycles. The van der Waals surface area contributed by atoms with E-state index >= 15 is 0 Å². The van der Waals surface area contributed by atoms with Crippen LogP contribution in [0.25, 0.3) is 0 Å². The summed E-state index contributed by atoms with van der Waals surface area (Å²) in [5.41, 5.74) is 1.38. The average molecular weight is 260 g/mol. The Kier molecular flexibility index (Phi) is 3.97. The SMILES string of the molecule is Cn1cnnc1SCC(O)c1ccc(C#N)cc1. The summed E-state index contributed by atoms with van der Waals surface area (Å²) in [4.78, 5) is 0. The van der Waals surface area contributed by atoms with Gasteiger partial charge in [-0.1, -0.05) is 23.9 Å². The van der Waals surface area contributed by atoms with Gasteiger partial charge in [-0.3, -0.25) is 0 Å². The lowest BCUT2D eigenvalue weighted by molar-refractivity contribution is 0.204. The van der Waals surface area contributed by atoms with Crippen LogP contribution in [-0.4, -0.2) is 25.6 Å². The first kappa shape index (κ1) is 12.6. The summed E-state index contributed by atoms with van der Waals surface area (Å²) in [6, 6.07) is 8.98. The van der Waals surface area contributed by atoms with Crippen LogP contribution in [0.5, 0.6) is 0 Å². The van der Waals surface area contributed by atoms with Crippen LogP contribution in [0.2, 0.25) is 0 Å². The molecule has 5 nitrogen and oxygen atoms in total. The number of rotatable bonds is 4. The predicted octanol–water partition coefficient (Wildman–Crippen LogP) is 1.51. The third-order valence-corrected chi connectivity index (χ3v) is 3.57. The minimum absolute atomic E-state index is 0.498. The molecule has 0 aliphatic carbocycles. The number of aliphatic hydroxyl groups excluding tert-OH is 1. The zero-order chi connectivity index (χ0) is 13.0. The molecule has 0 aliphatic rings. The third-order valence-electron chi connectivity index (χ3n) is 2.46. The second kappa shape index (κ2) is 5.67. The summed E-state index contributed by atoms with van der Waals surface area (Å²) in [5.74, 6) is 0.498. The summed E-state index contributed by atoms with van der Waals surface area (Å²) in [6.07, 6.45) is 1.04. The van der Waals surface area contributed by atoms with Crippen LogP contribution in [0.4, 0.5) is 0 Å². The van der Waals surface area contributed by atoms with Crippen molar-refractivity contribution >= 4 is 11.8 Å². The molecule has 2 aromatic rings. The van der Waals surface area contributed by atoms with Gasteiger partial charge in [0.05, 0.1) is 17.7 Å². The van der Waals surface area contributed by atoms with Gasteiger partial charge in [0.25, 0.3) is 0 Å². The number of thioether (sulfide) groups is 1. The molecule has 0 amide bonds. The Morgan fingerprint density at radius 2 is 2.17 bits per heavy atom. The minimum atomic E-state index is -0.584. The highest BCUT2D eigenvalue weighted by Gasteiger charge is 2.10. The first-order valence-electron chi connectivity index (χ1n) is 5.35. The predicted molar refractivity (Wildman–Crippen MR) is 67.8 cm³/mol. The number of hydrogen-bond acceptors (Lipinski definition) is 5. The van der Waals surface area contributed by atoms with Crippen LogP contribution in [0.1, 0.15) is 17.2 Å². The Balaban J connectivity index is 1.97. The zero-order valence-corrected chi connectivity index (χ0v) is 10.6. The third kappa shape index (κ3) is 2.88. The molecule has 0 bridgehead atoms. The quantitative estimate of drug-likeness (QED) is 0.843. The van der Waals surface area contributed by atoms with E-state index in [0.717, 1.165) is 10.7 Å². The molecule has 92 valence electrons. The van der Waals surface area contributed by atoms with Gasteiger partial charge in [-0.05, 0) is 17.7 Å². The van der Waals surface area contributed by atoms with Gasteiger partial charge < -0.3 is 9.67 Å². The van der Waals surface area contributed by atoms with E-state index < -0.39 is 6.10 Å². The van der Waals surface area contributed by atoms with Crippen molar-refractivity contribution in [3.63, 3.8) is 0 Å². The molecule has 1 aromatic heterocycles. The zero-order valence-electron chi connectivity index (χ0n) is 9.82. The van der Waals surface area contributed by atoms with Crippen molar-refractivity contribution < 1.29 is 5.11 Å². The minimum Gasteiger partial charge on any atom is -0.388 e. The van der Waals surface area contributed by atoms with E-state index in [0.29, 0.717) is 11.3 Å². The largest absolute Gasteiger partial charge is 0.388 e. The van der Waals surface area contributed by atoms with E-state index in [1.54, 1.807) is 35.2 Å². The van der Waals surface area contributed by atoms with Gasteiger partial charge in [-0.15, -0.1) is 10.2 Å². The Morgan fingerprint density at radius 1 is 1.44 bits per heavy atom. The van der Waals surface area contributed by atoms with Gasteiger partial charge in [-0.25, -0.2) is 0 Å². The maximum Gasteiger partial charge on any atom is 0.190 e. The lowest BCUT2D eigenvalue weighted by atomic mass is 10.1. The summed E-state index contributed by atoms with van der Waals surface area (Å²) >= 11 is 1.44. The van der Waals surface area contributed by atoms with Crippen LogP contribution < -0.4 is 0 Å². The summed E-state index contributed by atoms with van der Waals surface area (Å²) in [6.45, 7) is 0. The van der Waals surface area contributed by atoms with Crippen molar-refractivity contribution in [3.05, 3.63) is 41.7 Å². The molecular formula is C12H12N4OS. The highest BCUT2D eigenvalue weighted by atomic mass is 32.2. The van der Waals surface area contributed by atoms with Gasteiger partial charge in [0.2, 0.25) is 0 Å². The van der Waals surface area contributed by atoms with Crippen LogP contribution in [-0.2, 0) is 7.05 Å². The van der Waals surface area contributed by atoms with Crippen molar-refractivity contribution in [1.29, 1.82) is 5.26 Å². The molecule has 0 aliphatic heterocycles. The van der Waals surface area contributed by atoms with Gasteiger partial charge in [-0.2, -0.15) is 5.26 Å². The molecule has 0 spiro atoms. The van der Waals surface area contributed by atoms with E-state index in [4.69, 9.17) is 5.26 Å². The van der Waals surface area contributed by atoms with E-state index in [9.17, 15) is 5.11 Å².